The summed E-state index contributed by atoms with van der Waals surface area (Å²) >= 11 is 3.24. The van der Waals surface area contributed by atoms with Crippen LogP contribution in [0.5, 0.6) is 0 Å². The van der Waals surface area contributed by atoms with Crippen molar-refractivity contribution in [2.24, 2.45) is 5.92 Å². The van der Waals surface area contributed by atoms with Crippen molar-refractivity contribution >= 4 is 35.1 Å². The molecule has 84 valence electrons. The van der Waals surface area contributed by atoms with Gasteiger partial charge in [0.05, 0.1) is 10.5 Å². The van der Waals surface area contributed by atoms with Crippen LogP contribution in [0.4, 0.5) is 0 Å². The standard InChI is InChI=1S/C12H12O2S2/c1-7(13)11(8(2)14)12-15-9-5-3-4-6-10(9)16-12/h3-6,11-12H,1-2H3. The molecule has 0 saturated carbocycles. The fourth-order valence-corrected chi connectivity index (χ4v) is 5.05. The van der Waals surface area contributed by atoms with Crippen LogP contribution in [-0.2, 0) is 9.59 Å². The highest BCUT2D eigenvalue weighted by Gasteiger charge is 2.35. The molecule has 1 aromatic rings. The second kappa shape index (κ2) is 4.63. The van der Waals surface area contributed by atoms with Crippen LogP contribution in [-0.4, -0.2) is 16.1 Å². The number of fused-ring (bicyclic) bond motifs is 1. The predicted molar refractivity (Wildman–Crippen MR) is 66.8 cm³/mol. The summed E-state index contributed by atoms with van der Waals surface area (Å²) in [4.78, 5) is 25.3. The Morgan fingerprint density at radius 1 is 1.06 bits per heavy atom. The number of thioether (sulfide) groups is 2. The van der Waals surface area contributed by atoms with Crippen LogP contribution < -0.4 is 0 Å². The fourth-order valence-electron chi connectivity index (χ4n) is 1.72. The fraction of sp³-hybridized carbons (Fsp3) is 0.333. The Hall–Kier alpha value is -0.740. The van der Waals surface area contributed by atoms with Crippen molar-refractivity contribution in [3.63, 3.8) is 0 Å². The maximum Gasteiger partial charge on any atom is 0.142 e. The molecule has 2 rings (SSSR count). The van der Waals surface area contributed by atoms with E-state index in [0.717, 1.165) is 0 Å². The van der Waals surface area contributed by atoms with Crippen LogP contribution in [0.2, 0.25) is 0 Å². The Balaban J connectivity index is 2.22. The molecule has 0 aliphatic carbocycles. The maximum absolute atomic E-state index is 11.5. The maximum atomic E-state index is 11.5. The Labute approximate surface area is 103 Å². The van der Waals surface area contributed by atoms with Crippen molar-refractivity contribution in [2.75, 3.05) is 0 Å². The van der Waals surface area contributed by atoms with E-state index in [9.17, 15) is 9.59 Å². The first kappa shape index (κ1) is 11.7. The first-order valence-corrected chi connectivity index (χ1v) is 6.79. The van der Waals surface area contributed by atoms with Gasteiger partial charge in [0.25, 0.3) is 0 Å². The first-order chi connectivity index (χ1) is 7.59. The molecule has 1 aromatic carbocycles. The highest BCUT2D eigenvalue weighted by Crippen LogP contribution is 2.50. The zero-order chi connectivity index (χ0) is 11.7. The minimum absolute atomic E-state index is 0.00685. The number of ketones is 2. The van der Waals surface area contributed by atoms with E-state index >= 15 is 0 Å². The van der Waals surface area contributed by atoms with Gasteiger partial charge < -0.3 is 0 Å². The minimum Gasteiger partial charge on any atom is -0.299 e. The first-order valence-electron chi connectivity index (χ1n) is 5.03. The monoisotopic (exact) mass is 252 g/mol. The molecule has 16 heavy (non-hydrogen) atoms. The van der Waals surface area contributed by atoms with E-state index in [1.54, 1.807) is 23.5 Å². The van der Waals surface area contributed by atoms with Crippen molar-refractivity contribution in [1.29, 1.82) is 0 Å². The molecule has 0 aromatic heterocycles. The van der Waals surface area contributed by atoms with Crippen molar-refractivity contribution in [3.8, 4) is 0 Å². The van der Waals surface area contributed by atoms with Crippen LogP contribution in [0, 0.1) is 5.92 Å². The van der Waals surface area contributed by atoms with Crippen LogP contribution in [0.1, 0.15) is 13.8 Å². The molecule has 0 amide bonds. The average molecular weight is 252 g/mol. The predicted octanol–water partition coefficient (Wildman–Crippen LogP) is 3.00. The number of hydrogen-bond acceptors (Lipinski definition) is 4. The third-order valence-electron chi connectivity index (χ3n) is 2.48. The molecule has 1 aliphatic heterocycles. The zero-order valence-electron chi connectivity index (χ0n) is 9.10. The van der Waals surface area contributed by atoms with Gasteiger partial charge in [-0.05, 0) is 26.0 Å². The molecule has 1 aliphatic rings. The Kier molecular flexibility index (Phi) is 3.40. The van der Waals surface area contributed by atoms with Gasteiger partial charge in [-0.1, -0.05) is 12.1 Å². The molecular formula is C12H12O2S2. The topological polar surface area (TPSA) is 34.1 Å². The summed E-state index contributed by atoms with van der Waals surface area (Å²) in [6.45, 7) is 2.99. The molecule has 0 radical (unpaired) electrons. The highest BCUT2D eigenvalue weighted by atomic mass is 32.2. The molecule has 0 saturated heterocycles. The summed E-state index contributed by atoms with van der Waals surface area (Å²) < 4.78 is 0.00685. The van der Waals surface area contributed by atoms with Crippen molar-refractivity contribution in [1.82, 2.24) is 0 Å². The Bertz CT molecular complexity index is 403. The average Bonchev–Trinajstić information content (AvgIpc) is 2.58. The van der Waals surface area contributed by atoms with Crippen LogP contribution in [0.25, 0.3) is 0 Å². The highest BCUT2D eigenvalue weighted by molar-refractivity contribution is 8.19. The van der Waals surface area contributed by atoms with Gasteiger partial charge in [-0.25, -0.2) is 0 Å². The summed E-state index contributed by atoms with van der Waals surface area (Å²) in [6.07, 6.45) is 0. The van der Waals surface area contributed by atoms with Gasteiger partial charge in [0.1, 0.15) is 11.6 Å². The molecule has 1 heterocycles. The number of hydrogen-bond donors (Lipinski definition) is 0. The Morgan fingerprint density at radius 3 is 1.88 bits per heavy atom. The lowest BCUT2D eigenvalue weighted by atomic mass is 10.0. The molecule has 0 fully saturated rings. The molecule has 0 bridgehead atoms. The second-order valence-corrected chi connectivity index (χ2v) is 6.41. The van der Waals surface area contributed by atoms with Crippen LogP contribution >= 0.6 is 23.5 Å². The second-order valence-electron chi connectivity index (χ2n) is 3.75. The summed E-state index contributed by atoms with van der Waals surface area (Å²) in [7, 11) is 0. The normalized spacial score (nSPS) is 15.2. The molecule has 0 N–H and O–H groups in total. The van der Waals surface area contributed by atoms with Gasteiger partial charge >= 0.3 is 0 Å². The third-order valence-corrected chi connectivity index (χ3v) is 5.42. The van der Waals surface area contributed by atoms with Crippen molar-refractivity contribution < 1.29 is 9.59 Å². The van der Waals surface area contributed by atoms with Gasteiger partial charge in [0.15, 0.2) is 0 Å². The number of benzene rings is 1. The number of carbonyl (C=O) groups is 2. The molecule has 4 heteroatoms. The lowest BCUT2D eigenvalue weighted by molar-refractivity contribution is -0.129. The molecule has 0 spiro atoms. The summed E-state index contributed by atoms with van der Waals surface area (Å²) in [6, 6.07) is 8.02. The van der Waals surface area contributed by atoms with E-state index in [0.29, 0.717) is 0 Å². The quantitative estimate of drug-likeness (QED) is 0.774. The lowest BCUT2D eigenvalue weighted by Gasteiger charge is -2.15. The van der Waals surface area contributed by atoms with E-state index in [-0.39, 0.29) is 16.1 Å². The van der Waals surface area contributed by atoms with Crippen molar-refractivity contribution in [3.05, 3.63) is 24.3 Å². The lowest BCUT2D eigenvalue weighted by Crippen LogP contribution is -2.27. The van der Waals surface area contributed by atoms with E-state index in [2.05, 4.69) is 0 Å². The largest absolute Gasteiger partial charge is 0.299 e. The molecular weight excluding hydrogens is 240 g/mol. The van der Waals surface area contributed by atoms with Gasteiger partial charge in [-0.15, -0.1) is 23.5 Å². The van der Waals surface area contributed by atoms with Gasteiger partial charge in [-0.2, -0.15) is 0 Å². The van der Waals surface area contributed by atoms with Gasteiger partial charge in [0.2, 0.25) is 0 Å². The molecule has 0 atom stereocenters. The Morgan fingerprint density at radius 2 is 1.50 bits per heavy atom. The van der Waals surface area contributed by atoms with Crippen LogP contribution in [0.15, 0.2) is 34.1 Å². The smallest absolute Gasteiger partial charge is 0.142 e. The summed E-state index contributed by atoms with van der Waals surface area (Å²) in [5, 5.41) is 0. The summed E-state index contributed by atoms with van der Waals surface area (Å²) in [5.41, 5.74) is 0. The molecule has 2 nitrogen and oxygen atoms in total. The molecule has 0 unspecified atom stereocenters. The van der Waals surface area contributed by atoms with E-state index in [1.165, 1.54) is 23.6 Å². The number of Topliss-reactive ketones (excluding diaryl/α,β-unsaturated/α-hetero) is 2. The van der Waals surface area contributed by atoms with E-state index < -0.39 is 5.92 Å². The zero-order valence-corrected chi connectivity index (χ0v) is 10.7. The minimum atomic E-state index is -0.484. The third kappa shape index (κ3) is 2.18. The number of carbonyl (C=O) groups excluding carboxylic acids is 2. The SMILES string of the molecule is CC(=O)C(C(C)=O)C1Sc2ccccc2S1. The van der Waals surface area contributed by atoms with Gasteiger partial charge in [-0.3, -0.25) is 9.59 Å². The van der Waals surface area contributed by atoms with E-state index in [4.69, 9.17) is 0 Å². The van der Waals surface area contributed by atoms with Crippen LogP contribution in [0.3, 0.4) is 0 Å². The van der Waals surface area contributed by atoms with E-state index in [1.807, 2.05) is 24.3 Å². The number of rotatable bonds is 3. The van der Waals surface area contributed by atoms with Gasteiger partial charge in [0, 0.05) is 9.79 Å². The van der Waals surface area contributed by atoms with Crippen molar-refractivity contribution in [2.45, 2.75) is 28.2 Å². The summed E-state index contributed by atoms with van der Waals surface area (Å²) in [5.74, 6) is -0.557.